The van der Waals surface area contributed by atoms with E-state index in [1.807, 2.05) is 18.7 Å². The second-order valence-electron chi connectivity index (χ2n) is 6.34. The fourth-order valence-electron chi connectivity index (χ4n) is 4.19. The second kappa shape index (κ2) is 4.55. The zero-order valence-corrected chi connectivity index (χ0v) is 11.8. The van der Waals surface area contributed by atoms with Gasteiger partial charge in [0.2, 0.25) is 11.8 Å². The van der Waals surface area contributed by atoms with Crippen LogP contribution in [0.3, 0.4) is 0 Å². The average Bonchev–Trinajstić information content (AvgIpc) is 2.99. The van der Waals surface area contributed by atoms with Crippen molar-refractivity contribution in [2.45, 2.75) is 63.7 Å². The SMILES string of the molecule is CC(C)N1C(=O)CC(N2C3CCC2C(C(=O)O)C3)C1=O. The molecule has 0 saturated carbocycles. The average molecular weight is 280 g/mol. The van der Waals surface area contributed by atoms with E-state index in [1.165, 1.54) is 4.90 Å². The second-order valence-corrected chi connectivity index (χ2v) is 6.34. The summed E-state index contributed by atoms with van der Waals surface area (Å²) in [6.45, 7) is 3.66. The molecular weight excluding hydrogens is 260 g/mol. The lowest BCUT2D eigenvalue weighted by Gasteiger charge is -2.28. The summed E-state index contributed by atoms with van der Waals surface area (Å²) in [6, 6.07) is -0.497. The third-order valence-corrected chi connectivity index (χ3v) is 4.94. The first-order chi connectivity index (χ1) is 9.41. The number of hydrogen-bond donors (Lipinski definition) is 1. The molecule has 2 bridgehead atoms. The summed E-state index contributed by atoms with van der Waals surface area (Å²) in [5, 5.41) is 9.27. The summed E-state index contributed by atoms with van der Waals surface area (Å²) in [6.07, 6.45) is 2.57. The van der Waals surface area contributed by atoms with Crippen LogP contribution in [0.5, 0.6) is 0 Å². The number of carbonyl (C=O) groups excluding carboxylic acids is 2. The molecule has 4 atom stereocenters. The normalized spacial score (nSPS) is 37.5. The van der Waals surface area contributed by atoms with E-state index in [1.54, 1.807) is 0 Å². The number of amides is 2. The summed E-state index contributed by atoms with van der Waals surface area (Å²) >= 11 is 0. The molecule has 110 valence electrons. The van der Waals surface area contributed by atoms with Crippen LogP contribution in [0.25, 0.3) is 0 Å². The number of imide groups is 1. The molecule has 3 heterocycles. The lowest BCUT2D eigenvalue weighted by Crippen LogP contribution is -2.47. The summed E-state index contributed by atoms with van der Waals surface area (Å²) < 4.78 is 0. The highest BCUT2D eigenvalue weighted by Crippen LogP contribution is 2.44. The highest BCUT2D eigenvalue weighted by Gasteiger charge is 2.56. The number of aliphatic carboxylic acids is 1. The van der Waals surface area contributed by atoms with Crippen LogP contribution in [-0.2, 0) is 14.4 Å². The van der Waals surface area contributed by atoms with Gasteiger partial charge in [0, 0.05) is 18.1 Å². The predicted octanol–water partition coefficient (Wildman–Crippen LogP) is 0.460. The van der Waals surface area contributed by atoms with Gasteiger partial charge in [-0.25, -0.2) is 0 Å². The highest BCUT2D eigenvalue weighted by atomic mass is 16.4. The van der Waals surface area contributed by atoms with Crippen molar-refractivity contribution in [3.8, 4) is 0 Å². The van der Waals surface area contributed by atoms with Crippen molar-refractivity contribution in [3.05, 3.63) is 0 Å². The largest absolute Gasteiger partial charge is 0.481 e. The molecule has 3 fully saturated rings. The first-order valence-electron chi connectivity index (χ1n) is 7.28. The molecule has 0 radical (unpaired) electrons. The van der Waals surface area contributed by atoms with Crippen LogP contribution in [0, 0.1) is 5.92 Å². The molecule has 0 aliphatic carbocycles. The van der Waals surface area contributed by atoms with Gasteiger partial charge in [-0.15, -0.1) is 0 Å². The first-order valence-corrected chi connectivity index (χ1v) is 7.28. The third-order valence-electron chi connectivity index (χ3n) is 4.94. The number of carboxylic acid groups (broad SMARTS) is 1. The Balaban J connectivity index is 1.83. The zero-order chi connectivity index (χ0) is 14.6. The Bertz CT molecular complexity index is 476. The number of likely N-dealkylation sites (tertiary alicyclic amines) is 1. The molecule has 3 aliphatic rings. The van der Waals surface area contributed by atoms with E-state index < -0.39 is 12.0 Å². The van der Waals surface area contributed by atoms with E-state index in [-0.39, 0.29) is 42.3 Å². The van der Waals surface area contributed by atoms with Crippen LogP contribution < -0.4 is 0 Å². The van der Waals surface area contributed by atoms with E-state index in [0.717, 1.165) is 12.8 Å². The van der Waals surface area contributed by atoms with Crippen molar-refractivity contribution in [2.75, 3.05) is 0 Å². The number of fused-ring (bicyclic) bond motifs is 2. The van der Waals surface area contributed by atoms with Gasteiger partial charge in [-0.1, -0.05) is 0 Å². The minimum absolute atomic E-state index is 0.0774. The van der Waals surface area contributed by atoms with Crippen LogP contribution in [-0.4, -0.2) is 56.9 Å². The van der Waals surface area contributed by atoms with Crippen LogP contribution in [0.2, 0.25) is 0 Å². The standard InChI is InChI=1S/C14H20N2O4/c1-7(2)15-12(17)6-11(13(15)18)16-8-3-4-10(16)9(5-8)14(19)20/h7-11H,3-6H2,1-2H3,(H,19,20). The van der Waals surface area contributed by atoms with Gasteiger partial charge in [-0.2, -0.15) is 0 Å². The van der Waals surface area contributed by atoms with E-state index in [9.17, 15) is 19.5 Å². The van der Waals surface area contributed by atoms with Crippen LogP contribution >= 0.6 is 0 Å². The summed E-state index contributed by atoms with van der Waals surface area (Å²) in [5.74, 6) is -1.44. The van der Waals surface area contributed by atoms with Crippen molar-refractivity contribution < 1.29 is 19.5 Å². The maximum absolute atomic E-state index is 12.5. The van der Waals surface area contributed by atoms with Gasteiger partial charge in [-0.3, -0.25) is 24.2 Å². The molecule has 0 aromatic heterocycles. The van der Waals surface area contributed by atoms with E-state index in [2.05, 4.69) is 0 Å². The fraction of sp³-hybridized carbons (Fsp3) is 0.786. The highest BCUT2D eigenvalue weighted by molar-refractivity contribution is 6.06. The van der Waals surface area contributed by atoms with Gasteiger partial charge in [0.25, 0.3) is 0 Å². The Kier molecular flexibility index (Phi) is 3.08. The predicted molar refractivity (Wildman–Crippen MR) is 69.8 cm³/mol. The topological polar surface area (TPSA) is 77.9 Å². The fourth-order valence-corrected chi connectivity index (χ4v) is 4.19. The van der Waals surface area contributed by atoms with Gasteiger partial charge in [0.15, 0.2) is 0 Å². The molecule has 0 spiro atoms. The lowest BCUT2D eigenvalue weighted by atomic mass is 9.89. The van der Waals surface area contributed by atoms with Gasteiger partial charge >= 0.3 is 5.97 Å². The van der Waals surface area contributed by atoms with Gasteiger partial charge in [-0.05, 0) is 33.1 Å². The van der Waals surface area contributed by atoms with Crippen molar-refractivity contribution in [3.63, 3.8) is 0 Å². The monoisotopic (exact) mass is 280 g/mol. The molecular formula is C14H20N2O4. The molecule has 6 nitrogen and oxygen atoms in total. The Labute approximate surface area is 117 Å². The summed E-state index contributed by atoms with van der Waals surface area (Å²) in [7, 11) is 0. The molecule has 4 unspecified atom stereocenters. The van der Waals surface area contributed by atoms with Gasteiger partial charge in [0.05, 0.1) is 18.4 Å². The molecule has 20 heavy (non-hydrogen) atoms. The maximum atomic E-state index is 12.5. The summed E-state index contributed by atoms with van der Waals surface area (Å²) in [5.41, 5.74) is 0. The first kappa shape index (κ1) is 13.5. The zero-order valence-electron chi connectivity index (χ0n) is 11.8. The van der Waals surface area contributed by atoms with Crippen molar-refractivity contribution in [1.82, 2.24) is 9.80 Å². The van der Waals surface area contributed by atoms with Crippen LogP contribution in [0.1, 0.15) is 39.5 Å². The molecule has 0 aromatic carbocycles. The Morgan fingerprint density at radius 1 is 1.30 bits per heavy atom. The minimum Gasteiger partial charge on any atom is -0.481 e. The molecule has 3 rings (SSSR count). The molecule has 3 saturated heterocycles. The Hall–Kier alpha value is -1.43. The van der Waals surface area contributed by atoms with E-state index in [0.29, 0.717) is 6.42 Å². The van der Waals surface area contributed by atoms with E-state index >= 15 is 0 Å². The van der Waals surface area contributed by atoms with Gasteiger partial charge in [0.1, 0.15) is 0 Å². The quantitative estimate of drug-likeness (QED) is 0.760. The number of hydrogen-bond acceptors (Lipinski definition) is 4. The van der Waals surface area contributed by atoms with Crippen LogP contribution in [0.4, 0.5) is 0 Å². The van der Waals surface area contributed by atoms with Crippen LogP contribution in [0.15, 0.2) is 0 Å². The minimum atomic E-state index is -0.778. The number of carboxylic acids is 1. The molecule has 3 aliphatic heterocycles. The number of rotatable bonds is 3. The maximum Gasteiger partial charge on any atom is 0.308 e. The van der Waals surface area contributed by atoms with Crippen molar-refractivity contribution in [1.29, 1.82) is 0 Å². The smallest absolute Gasteiger partial charge is 0.308 e. The number of nitrogens with zero attached hydrogens (tertiary/aromatic N) is 2. The Morgan fingerprint density at radius 3 is 2.50 bits per heavy atom. The third kappa shape index (κ3) is 1.78. The molecule has 1 N–H and O–H groups in total. The number of carbonyl (C=O) groups is 3. The molecule has 2 amide bonds. The van der Waals surface area contributed by atoms with Crippen molar-refractivity contribution in [2.24, 2.45) is 5.92 Å². The van der Waals surface area contributed by atoms with E-state index in [4.69, 9.17) is 0 Å². The van der Waals surface area contributed by atoms with Gasteiger partial charge < -0.3 is 5.11 Å². The lowest BCUT2D eigenvalue weighted by molar-refractivity contribution is -0.145. The van der Waals surface area contributed by atoms with Crippen molar-refractivity contribution >= 4 is 17.8 Å². The molecule has 0 aromatic rings. The summed E-state index contributed by atoms with van der Waals surface area (Å²) in [4.78, 5) is 39.1. The molecule has 6 heteroatoms. The Morgan fingerprint density at radius 2 is 2.00 bits per heavy atom.